The van der Waals surface area contributed by atoms with E-state index in [4.69, 9.17) is 0 Å². The molecule has 1 saturated carbocycles. The Morgan fingerprint density at radius 1 is 1.03 bits per heavy atom. The predicted octanol–water partition coefficient (Wildman–Crippen LogP) is 3.09. The van der Waals surface area contributed by atoms with Crippen molar-refractivity contribution < 1.29 is 4.79 Å². The van der Waals surface area contributed by atoms with Crippen molar-refractivity contribution in [3.63, 3.8) is 0 Å². The van der Waals surface area contributed by atoms with Gasteiger partial charge in [-0.25, -0.2) is 4.98 Å². The Labute approximate surface area is 209 Å². The molecular formula is C27H41N7O. The molecule has 0 bridgehead atoms. The van der Waals surface area contributed by atoms with Gasteiger partial charge >= 0.3 is 0 Å². The molecule has 4 N–H and O–H groups in total. The van der Waals surface area contributed by atoms with E-state index in [9.17, 15) is 4.79 Å². The van der Waals surface area contributed by atoms with Crippen molar-refractivity contribution in [2.24, 2.45) is 10.9 Å². The summed E-state index contributed by atoms with van der Waals surface area (Å²) in [4.78, 5) is 26.9. The molecule has 1 aromatic carbocycles. The summed E-state index contributed by atoms with van der Waals surface area (Å²) in [6.07, 6.45) is 12.7. The fourth-order valence-electron chi connectivity index (χ4n) is 4.92. The molecule has 1 aliphatic carbocycles. The molecule has 1 fully saturated rings. The predicted molar refractivity (Wildman–Crippen MR) is 140 cm³/mol. The van der Waals surface area contributed by atoms with Crippen molar-refractivity contribution in [2.45, 2.75) is 58.0 Å². The van der Waals surface area contributed by atoms with Crippen LogP contribution in [0.2, 0.25) is 0 Å². The summed E-state index contributed by atoms with van der Waals surface area (Å²) < 4.78 is 0. The number of unbranched alkanes of at least 4 members (excludes halogenated alkanes) is 1. The van der Waals surface area contributed by atoms with Gasteiger partial charge in [-0.2, -0.15) is 0 Å². The lowest BCUT2D eigenvalue weighted by molar-refractivity contribution is 0.0953. The van der Waals surface area contributed by atoms with Gasteiger partial charge in [-0.1, -0.05) is 31.4 Å². The number of carbonyl (C=O) groups excluding carboxylic acids is 1. The van der Waals surface area contributed by atoms with Gasteiger partial charge < -0.3 is 20.9 Å². The van der Waals surface area contributed by atoms with Crippen LogP contribution < -0.4 is 16.0 Å². The molecule has 0 unspecified atom stereocenters. The van der Waals surface area contributed by atoms with E-state index in [2.05, 4.69) is 35.8 Å². The summed E-state index contributed by atoms with van der Waals surface area (Å²) in [5, 5.41) is 10.0. The van der Waals surface area contributed by atoms with Crippen LogP contribution in [0, 0.1) is 5.92 Å². The number of amidine groups is 1. The summed E-state index contributed by atoms with van der Waals surface area (Å²) in [6, 6.07) is 7.94. The van der Waals surface area contributed by atoms with Gasteiger partial charge in [0.1, 0.15) is 11.7 Å². The summed E-state index contributed by atoms with van der Waals surface area (Å²) >= 11 is 0. The van der Waals surface area contributed by atoms with Gasteiger partial charge in [0, 0.05) is 37.6 Å². The molecule has 35 heavy (non-hydrogen) atoms. The largest absolute Gasteiger partial charge is 0.371 e. The number of H-pyrrole nitrogens is 1. The lowest BCUT2D eigenvalue weighted by Crippen LogP contribution is -2.34. The lowest BCUT2D eigenvalue weighted by Gasteiger charge is -2.21. The Hall–Kier alpha value is -2.71. The van der Waals surface area contributed by atoms with Gasteiger partial charge in [0.05, 0.1) is 19.6 Å². The van der Waals surface area contributed by atoms with E-state index in [1.165, 1.54) is 32.1 Å². The third kappa shape index (κ3) is 8.78. The molecule has 8 nitrogen and oxygen atoms in total. The number of hydrogen-bond acceptors (Lipinski definition) is 6. The van der Waals surface area contributed by atoms with Crippen molar-refractivity contribution >= 4 is 11.7 Å². The highest BCUT2D eigenvalue weighted by Gasteiger charge is 2.15. The van der Waals surface area contributed by atoms with Crippen molar-refractivity contribution in [1.82, 2.24) is 30.8 Å². The molecule has 190 valence electrons. The van der Waals surface area contributed by atoms with Crippen LogP contribution in [0.1, 0.15) is 66.7 Å². The number of imidazole rings is 1. The van der Waals surface area contributed by atoms with Crippen LogP contribution in [0.3, 0.4) is 0 Å². The zero-order chi connectivity index (χ0) is 24.1. The topological polar surface area (TPSA) is 97.4 Å². The fraction of sp³-hybridized carbons (Fsp3) is 0.593. The number of nitrogens with one attached hydrogen (secondary N) is 4. The SMILES string of the molecule is O=C(NCCCCNCC1CCCCC1)c1ccc(CN(CC2=NCCN2)Cc2ncc[nH]2)cc1. The molecule has 1 aliphatic heterocycles. The highest BCUT2D eigenvalue weighted by atomic mass is 16.1. The molecule has 2 heterocycles. The normalized spacial score (nSPS) is 16.3. The number of benzene rings is 1. The number of carbonyl (C=O) groups is 1. The number of aromatic amines is 1. The Morgan fingerprint density at radius 2 is 1.86 bits per heavy atom. The lowest BCUT2D eigenvalue weighted by atomic mass is 9.89. The molecule has 0 atom stereocenters. The van der Waals surface area contributed by atoms with Crippen LogP contribution in [-0.4, -0.2) is 65.9 Å². The van der Waals surface area contributed by atoms with Crippen molar-refractivity contribution in [1.29, 1.82) is 0 Å². The van der Waals surface area contributed by atoms with Gasteiger partial charge in [-0.3, -0.25) is 14.7 Å². The number of hydrogen-bond donors (Lipinski definition) is 4. The molecule has 2 aromatic rings. The molecule has 0 spiro atoms. The quantitative estimate of drug-likeness (QED) is 0.312. The zero-order valence-corrected chi connectivity index (χ0v) is 20.9. The van der Waals surface area contributed by atoms with E-state index in [1.807, 2.05) is 30.5 Å². The average Bonchev–Trinajstić information content (AvgIpc) is 3.59. The van der Waals surface area contributed by atoms with E-state index in [1.54, 1.807) is 6.20 Å². The van der Waals surface area contributed by atoms with Crippen molar-refractivity contribution in [2.75, 3.05) is 39.3 Å². The molecule has 0 radical (unpaired) electrons. The van der Waals surface area contributed by atoms with Crippen LogP contribution in [-0.2, 0) is 13.1 Å². The minimum atomic E-state index is 0.00340. The fourth-order valence-corrected chi connectivity index (χ4v) is 4.92. The molecule has 8 heteroatoms. The van der Waals surface area contributed by atoms with E-state index in [0.717, 1.165) is 81.8 Å². The first-order chi connectivity index (χ1) is 17.3. The maximum absolute atomic E-state index is 12.5. The van der Waals surface area contributed by atoms with Gasteiger partial charge in [0.2, 0.25) is 0 Å². The number of aliphatic imine (C=N–C) groups is 1. The summed E-state index contributed by atoms with van der Waals surface area (Å²) in [6.45, 7) is 6.88. The van der Waals surface area contributed by atoms with Crippen LogP contribution in [0.25, 0.3) is 0 Å². The molecule has 1 aromatic heterocycles. The smallest absolute Gasteiger partial charge is 0.251 e. The number of nitrogens with zero attached hydrogens (tertiary/aromatic N) is 3. The highest BCUT2D eigenvalue weighted by Crippen LogP contribution is 2.22. The van der Waals surface area contributed by atoms with Crippen LogP contribution in [0.4, 0.5) is 0 Å². The molecular weight excluding hydrogens is 438 g/mol. The molecule has 4 rings (SSSR count). The van der Waals surface area contributed by atoms with Gasteiger partial charge in [0.25, 0.3) is 5.91 Å². The second-order valence-corrected chi connectivity index (χ2v) is 9.80. The summed E-state index contributed by atoms with van der Waals surface area (Å²) in [5.74, 6) is 2.83. The van der Waals surface area contributed by atoms with Crippen LogP contribution >= 0.6 is 0 Å². The monoisotopic (exact) mass is 479 g/mol. The van der Waals surface area contributed by atoms with E-state index >= 15 is 0 Å². The Morgan fingerprint density at radius 3 is 2.60 bits per heavy atom. The van der Waals surface area contributed by atoms with Gasteiger partial charge in [0.15, 0.2) is 0 Å². The summed E-state index contributed by atoms with van der Waals surface area (Å²) in [5.41, 5.74) is 1.87. The first kappa shape index (κ1) is 25.4. The Balaban J connectivity index is 1.16. The standard InChI is InChI=1S/C27H41N7O/c35-27(33-13-5-4-12-28-18-22-6-2-1-3-7-22)24-10-8-23(9-11-24)19-34(20-25-29-14-15-30-25)21-26-31-16-17-32-26/h8-11,14-15,22,28H,1-7,12-13,16-21H2,(H,29,30)(H,31,32)(H,33,35). The van der Waals surface area contributed by atoms with E-state index < -0.39 is 0 Å². The minimum Gasteiger partial charge on any atom is -0.371 e. The maximum atomic E-state index is 12.5. The first-order valence-corrected chi connectivity index (χ1v) is 13.3. The Bertz CT molecular complexity index is 904. The second kappa shape index (κ2) is 14.0. The highest BCUT2D eigenvalue weighted by molar-refractivity contribution is 5.94. The van der Waals surface area contributed by atoms with Gasteiger partial charge in [-0.15, -0.1) is 0 Å². The van der Waals surface area contributed by atoms with Crippen LogP contribution in [0.5, 0.6) is 0 Å². The zero-order valence-electron chi connectivity index (χ0n) is 20.9. The average molecular weight is 480 g/mol. The van der Waals surface area contributed by atoms with E-state index in [0.29, 0.717) is 12.1 Å². The number of amides is 1. The third-order valence-electron chi connectivity index (χ3n) is 6.89. The molecule has 2 aliphatic rings. The Kier molecular flexibility index (Phi) is 10.2. The first-order valence-electron chi connectivity index (χ1n) is 13.3. The van der Waals surface area contributed by atoms with Crippen molar-refractivity contribution in [3.05, 3.63) is 53.6 Å². The second-order valence-electron chi connectivity index (χ2n) is 9.80. The number of aromatic nitrogens is 2. The minimum absolute atomic E-state index is 0.00340. The summed E-state index contributed by atoms with van der Waals surface area (Å²) in [7, 11) is 0. The van der Waals surface area contributed by atoms with Crippen LogP contribution in [0.15, 0.2) is 41.7 Å². The number of rotatable bonds is 14. The molecule has 0 saturated heterocycles. The third-order valence-corrected chi connectivity index (χ3v) is 6.89. The molecule has 1 amide bonds. The maximum Gasteiger partial charge on any atom is 0.251 e. The van der Waals surface area contributed by atoms with Crippen molar-refractivity contribution in [3.8, 4) is 0 Å². The van der Waals surface area contributed by atoms with E-state index in [-0.39, 0.29) is 5.91 Å². The van der Waals surface area contributed by atoms with Gasteiger partial charge in [-0.05, 0) is 62.4 Å².